The van der Waals surface area contributed by atoms with Gasteiger partial charge in [-0.3, -0.25) is 14.5 Å². The Labute approximate surface area is 153 Å². The van der Waals surface area contributed by atoms with Crippen molar-refractivity contribution >= 4 is 11.8 Å². The molecule has 0 spiro atoms. The summed E-state index contributed by atoms with van der Waals surface area (Å²) in [4.78, 5) is 30.0. The monoisotopic (exact) mass is 363 g/mol. The lowest BCUT2D eigenvalue weighted by atomic mass is 10.1. The van der Waals surface area contributed by atoms with E-state index in [1.165, 1.54) is 12.1 Å². The van der Waals surface area contributed by atoms with Crippen LogP contribution in [0.3, 0.4) is 0 Å². The standard InChI is InChI=1S/C19H26FN3O3/c1-14(19(25)22-9-7-21(8-10-22)15(2)24)23-11-12-26-18(13-23)16-3-5-17(20)6-4-16/h3-6,14,18H,7-13H2,1-2H3. The molecule has 1 aromatic carbocycles. The molecule has 0 aromatic heterocycles. The van der Waals surface area contributed by atoms with Crippen molar-refractivity contribution in [3.8, 4) is 0 Å². The summed E-state index contributed by atoms with van der Waals surface area (Å²) in [5, 5.41) is 0. The van der Waals surface area contributed by atoms with Gasteiger partial charge in [0.25, 0.3) is 0 Å². The molecular formula is C19H26FN3O3. The molecule has 2 aliphatic heterocycles. The van der Waals surface area contributed by atoms with E-state index < -0.39 is 0 Å². The lowest BCUT2D eigenvalue weighted by Gasteiger charge is -2.40. The van der Waals surface area contributed by atoms with Crippen LogP contribution in [0.15, 0.2) is 24.3 Å². The fraction of sp³-hybridized carbons (Fsp3) is 0.579. The first kappa shape index (κ1) is 18.8. The van der Waals surface area contributed by atoms with E-state index >= 15 is 0 Å². The number of hydrogen-bond acceptors (Lipinski definition) is 4. The zero-order valence-corrected chi connectivity index (χ0v) is 15.4. The predicted octanol–water partition coefficient (Wildman–Crippen LogP) is 1.28. The highest BCUT2D eigenvalue weighted by molar-refractivity contribution is 5.82. The van der Waals surface area contributed by atoms with Crippen molar-refractivity contribution in [3.63, 3.8) is 0 Å². The molecule has 0 radical (unpaired) electrons. The number of halogens is 1. The maximum atomic E-state index is 13.1. The first-order valence-electron chi connectivity index (χ1n) is 9.11. The summed E-state index contributed by atoms with van der Waals surface area (Å²) in [6.07, 6.45) is -0.158. The summed E-state index contributed by atoms with van der Waals surface area (Å²) >= 11 is 0. The summed E-state index contributed by atoms with van der Waals surface area (Å²) in [5.41, 5.74) is 0.922. The minimum absolute atomic E-state index is 0.0560. The summed E-state index contributed by atoms with van der Waals surface area (Å²) in [7, 11) is 0. The van der Waals surface area contributed by atoms with Crippen molar-refractivity contribution in [2.24, 2.45) is 0 Å². The molecule has 0 saturated carbocycles. The molecule has 2 atom stereocenters. The highest BCUT2D eigenvalue weighted by atomic mass is 19.1. The van der Waals surface area contributed by atoms with Gasteiger partial charge >= 0.3 is 0 Å². The van der Waals surface area contributed by atoms with Crippen LogP contribution in [0.4, 0.5) is 4.39 Å². The number of carbonyl (C=O) groups excluding carboxylic acids is 2. The number of morpholine rings is 1. The van der Waals surface area contributed by atoms with Crippen LogP contribution >= 0.6 is 0 Å². The Hall–Kier alpha value is -1.99. The smallest absolute Gasteiger partial charge is 0.239 e. The van der Waals surface area contributed by atoms with E-state index in [0.717, 1.165) is 5.56 Å². The molecule has 2 amide bonds. The maximum Gasteiger partial charge on any atom is 0.239 e. The molecule has 2 unspecified atom stereocenters. The molecule has 2 aliphatic rings. The third-order valence-corrected chi connectivity index (χ3v) is 5.28. The van der Waals surface area contributed by atoms with Gasteiger partial charge in [-0.1, -0.05) is 12.1 Å². The molecule has 26 heavy (non-hydrogen) atoms. The highest BCUT2D eigenvalue weighted by Gasteiger charge is 2.32. The second-order valence-corrected chi connectivity index (χ2v) is 6.91. The molecule has 2 saturated heterocycles. The minimum atomic E-state index is -0.269. The van der Waals surface area contributed by atoms with E-state index in [2.05, 4.69) is 4.90 Å². The van der Waals surface area contributed by atoms with Crippen LogP contribution in [0.25, 0.3) is 0 Å². The van der Waals surface area contributed by atoms with Crippen LogP contribution < -0.4 is 0 Å². The summed E-state index contributed by atoms with van der Waals surface area (Å²) in [6.45, 7) is 7.66. The van der Waals surface area contributed by atoms with Gasteiger partial charge in [-0.2, -0.15) is 0 Å². The van der Waals surface area contributed by atoms with E-state index in [9.17, 15) is 14.0 Å². The van der Waals surface area contributed by atoms with Crippen molar-refractivity contribution in [1.82, 2.24) is 14.7 Å². The van der Waals surface area contributed by atoms with E-state index in [1.807, 2.05) is 11.8 Å². The maximum absolute atomic E-state index is 13.1. The molecule has 7 heteroatoms. The second kappa shape index (κ2) is 8.14. The Morgan fingerprint density at radius 3 is 2.31 bits per heavy atom. The number of nitrogens with zero attached hydrogens (tertiary/aromatic N) is 3. The van der Waals surface area contributed by atoms with Gasteiger partial charge in [0.05, 0.1) is 18.8 Å². The van der Waals surface area contributed by atoms with E-state index in [1.54, 1.807) is 24.0 Å². The number of rotatable bonds is 3. The van der Waals surface area contributed by atoms with Crippen molar-refractivity contribution in [2.45, 2.75) is 26.0 Å². The van der Waals surface area contributed by atoms with Crippen molar-refractivity contribution < 1.29 is 18.7 Å². The Kier molecular flexibility index (Phi) is 5.88. The fourth-order valence-electron chi connectivity index (χ4n) is 3.56. The van der Waals surface area contributed by atoms with Gasteiger partial charge in [-0.05, 0) is 24.6 Å². The molecule has 0 bridgehead atoms. The summed E-state index contributed by atoms with van der Waals surface area (Å²) in [6, 6.07) is 6.08. The normalized spacial score (nSPS) is 23.0. The van der Waals surface area contributed by atoms with Crippen LogP contribution in [0, 0.1) is 5.82 Å². The molecule has 0 N–H and O–H groups in total. The number of hydrogen-bond donors (Lipinski definition) is 0. The first-order valence-corrected chi connectivity index (χ1v) is 9.11. The quantitative estimate of drug-likeness (QED) is 0.812. The minimum Gasteiger partial charge on any atom is -0.371 e. The topological polar surface area (TPSA) is 53.1 Å². The van der Waals surface area contributed by atoms with Crippen LogP contribution in [0.5, 0.6) is 0 Å². The number of carbonyl (C=O) groups is 2. The average molecular weight is 363 g/mol. The fourth-order valence-corrected chi connectivity index (χ4v) is 3.56. The van der Waals surface area contributed by atoms with Gasteiger partial charge in [0.15, 0.2) is 0 Å². The van der Waals surface area contributed by atoms with Crippen LogP contribution in [-0.2, 0) is 14.3 Å². The van der Waals surface area contributed by atoms with Crippen molar-refractivity contribution in [3.05, 3.63) is 35.6 Å². The third kappa shape index (κ3) is 4.22. The van der Waals surface area contributed by atoms with Gasteiger partial charge in [-0.25, -0.2) is 4.39 Å². The molecule has 0 aliphatic carbocycles. The first-order chi connectivity index (χ1) is 12.5. The van der Waals surface area contributed by atoms with Crippen LogP contribution in [0.2, 0.25) is 0 Å². The molecular weight excluding hydrogens is 337 g/mol. The number of benzene rings is 1. The zero-order valence-electron chi connectivity index (χ0n) is 15.4. The highest BCUT2D eigenvalue weighted by Crippen LogP contribution is 2.24. The van der Waals surface area contributed by atoms with Gasteiger partial charge in [0.1, 0.15) is 5.82 Å². The molecule has 3 rings (SSSR count). The Bertz CT molecular complexity index is 644. The number of piperazine rings is 1. The summed E-state index contributed by atoms with van der Waals surface area (Å²) in [5.74, 6) is -0.122. The predicted molar refractivity (Wildman–Crippen MR) is 95.0 cm³/mol. The van der Waals surface area contributed by atoms with Crippen LogP contribution in [-0.4, -0.2) is 78.4 Å². The van der Waals surface area contributed by atoms with E-state index in [4.69, 9.17) is 4.74 Å². The van der Waals surface area contributed by atoms with Gasteiger partial charge < -0.3 is 14.5 Å². The SMILES string of the molecule is CC(=O)N1CCN(C(=O)C(C)N2CCOC(c3ccc(F)cc3)C2)CC1. The van der Waals surface area contributed by atoms with E-state index in [-0.39, 0.29) is 29.8 Å². The van der Waals surface area contributed by atoms with Gasteiger partial charge in [-0.15, -0.1) is 0 Å². The van der Waals surface area contributed by atoms with Gasteiger partial charge in [0, 0.05) is 46.2 Å². The lowest BCUT2D eigenvalue weighted by molar-refractivity contribution is -0.144. The van der Waals surface area contributed by atoms with Gasteiger partial charge in [0.2, 0.25) is 11.8 Å². The molecule has 2 heterocycles. The van der Waals surface area contributed by atoms with Crippen molar-refractivity contribution in [2.75, 3.05) is 45.9 Å². The molecule has 1 aromatic rings. The Balaban J connectivity index is 1.58. The number of ether oxygens (including phenoxy) is 1. The van der Waals surface area contributed by atoms with Crippen LogP contribution in [0.1, 0.15) is 25.5 Å². The average Bonchev–Trinajstić information content (AvgIpc) is 2.67. The second-order valence-electron chi connectivity index (χ2n) is 6.91. The summed E-state index contributed by atoms with van der Waals surface area (Å²) < 4.78 is 18.9. The largest absolute Gasteiger partial charge is 0.371 e. The van der Waals surface area contributed by atoms with Crippen molar-refractivity contribution in [1.29, 1.82) is 0 Å². The molecule has 6 nitrogen and oxygen atoms in total. The molecule has 142 valence electrons. The lowest BCUT2D eigenvalue weighted by Crippen LogP contribution is -2.56. The molecule has 2 fully saturated rings. The Morgan fingerprint density at radius 2 is 1.69 bits per heavy atom. The number of amides is 2. The van der Waals surface area contributed by atoms with E-state index in [0.29, 0.717) is 45.9 Å². The Morgan fingerprint density at radius 1 is 1.08 bits per heavy atom. The zero-order chi connectivity index (χ0) is 18.7. The third-order valence-electron chi connectivity index (χ3n) is 5.28.